The second kappa shape index (κ2) is 6.39. The van der Waals surface area contributed by atoms with Crippen LogP contribution in [0.5, 0.6) is 0 Å². The lowest BCUT2D eigenvalue weighted by Gasteiger charge is -2.11. The fraction of sp³-hybridized carbons (Fsp3) is 0.500. The third kappa shape index (κ3) is 3.83. The van der Waals surface area contributed by atoms with E-state index in [-0.39, 0.29) is 6.04 Å². The number of aromatic nitrogens is 6. The Morgan fingerprint density at radius 3 is 3.00 bits per heavy atom. The van der Waals surface area contributed by atoms with Crippen LogP contribution in [0.4, 0.5) is 5.82 Å². The Morgan fingerprint density at radius 2 is 2.32 bits per heavy atom. The van der Waals surface area contributed by atoms with E-state index in [1.807, 2.05) is 13.8 Å². The van der Waals surface area contributed by atoms with Crippen molar-refractivity contribution in [3.8, 4) is 0 Å². The van der Waals surface area contributed by atoms with Gasteiger partial charge in [-0.2, -0.15) is 5.21 Å². The van der Waals surface area contributed by atoms with E-state index >= 15 is 0 Å². The number of aromatic amines is 1. The first-order chi connectivity index (χ1) is 9.19. The van der Waals surface area contributed by atoms with Gasteiger partial charge < -0.3 is 10.1 Å². The summed E-state index contributed by atoms with van der Waals surface area (Å²) in [5, 5.41) is 17.2. The van der Waals surface area contributed by atoms with Crippen LogP contribution in [0.25, 0.3) is 0 Å². The number of ether oxygens (including phenoxy) is 1. The zero-order chi connectivity index (χ0) is 13.7. The molecule has 0 aliphatic rings. The van der Waals surface area contributed by atoms with Crippen molar-refractivity contribution in [3.63, 3.8) is 0 Å². The number of tetrazole rings is 1. The number of hydrogen-bond donors (Lipinski definition) is 2. The highest BCUT2D eigenvalue weighted by atomic mass is 35.5. The molecular formula is C10H14ClN7O. The summed E-state index contributed by atoms with van der Waals surface area (Å²) in [7, 11) is 0. The molecule has 2 aromatic heterocycles. The predicted octanol–water partition coefficient (Wildman–Crippen LogP) is 1.35. The Morgan fingerprint density at radius 1 is 1.47 bits per heavy atom. The number of rotatable bonds is 6. The van der Waals surface area contributed by atoms with Crippen LogP contribution in [0.15, 0.2) is 6.07 Å². The molecular weight excluding hydrogens is 270 g/mol. The fourth-order valence-corrected chi connectivity index (χ4v) is 1.64. The van der Waals surface area contributed by atoms with Gasteiger partial charge in [-0.15, -0.1) is 10.2 Å². The smallest absolute Gasteiger partial charge is 0.196 e. The molecule has 102 valence electrons. The lowest BCUT2D eigenvalue weighted by molar-refractivity contribution is 0.128. The number of H-pyrrole nitrogens is 1. The predicted molar refractivity (Wildman–Crippen MR) is 68.6 cm³/mol. The van der Waals surface area contributed by atoms with Crippen molar-refractivity contribution in [2.24, 2.45) is 0 Å². The van der Waals surface area contributed by atoms with Crippen LogP contribution >= 0.6 is 11.6 Å². The zero-order valence-corrected chi connectivity index (χ0v) is 11.3. The van der Waals surface area contributed by atoms with Gasteiger partial charge in [0.2, 0.25) is 0 Å². The molecule has 0 radical (unpaired) electrons. The Bertz CT molecular complexity index is 519. The second-order valence-electron chi connectivity index (χ2n) is 3.77. The average Bonchev–Trinajstić information content (AvgIpc) is 2.89. The summed E-state index contributed by atoms with van der Waals surface area (Å²) in [4.78, 5) is 8.38. The topological polar surface area (TPSA) is 102 Å². The first-order valence-electron chi connectivity index (χ1n) is 5.80. The molecule has 2 N–H and O–H groups in total. The zero-order valence-electron chi connectivity index (χ0n) is 10.6. The molecule has 2 rings (SSSR count). The third-order valence-corrected chi connectivity index (χ3v) is 2.48. The molecule has 0 amide bonds. The van der Waals surface area contributed by atoms with Gasteiger partial charge in [0.15, 0.2) is 11.6 Å². The Kier molecular flexibility index (Phi) is 4.58. The van der Waals surface area contributed by atoms with Gasteiger partial charge >= 0.3 is 0 Å². The van der Waals surface area contributed by atoms with E-state index in [0.29, 0.717) is 35.8 Å². The number of nitrogens with one attached hydrogen (secondary N) is 2. The van der Waals surface area contributed by atoms with Crippen molar-refractivity contribution < 1.29 is 4.74 Å². The molecule has 1 atom stereocenters. The standard InChI is InChI=1S/C10H14ClN7O/c1-3-19-5-9-13-7(11)4-8(14-9)12-6(2)10-15-17-18-16-10/h4,6H,3,5H2,1-2H3,(H,12,13,14)(H,15,16,17,18). The van der Waals surface area contributed by atoms with Crippen LogP contribution in [0, 0.1) is 0 Å². The minimum Gasteiger partial charge on any atom is -0.374 e. The fourth-order valence-electron chi connectivity index (χ4n) is 1.44. The molecule has 2 heterocycles. The van der Waals surface area contributed by atoms with Crippen LogP contribution in [0.3, 0.4) is 0 Å². The highest BCUT2D eigenvalue weighted by molar-refractivity contribution is 6.29. The summed E-state index contributed by atoms with van der Waals surface area (Å²) in [6, 6.07) is 1.48. The van der Waals surface area contributed by atoms with Crippen molar-refractivity contribution in [1.29, 1.82) is 0 Å². The SMILES string of the molecule is CCOCc1nc(Cl)cc(NC(C)c2nn[nH]n2)n1. The van der Waals surface area contributed by atoms with E-state index < -0.39 is 0 Å². The minimum absolute atomic E-state index is 0.148. The minimum atomic E-state index is -0.148. The molecule has 9 heteroatoms. The van der Waals surface area contributed by atoms with E-state index in [2.05, 4.69) is 35.9 Å². The van der Waals surface area contributed by atoms with E-state index in [9.17, 15) is 0 Å². The molecule has 0 bridgehead atoms. The number of anilines is 1. The maximum absolute atomic E-state index is 5.94. The lowest BCUT2D eigenvalue weighted by atomic mass is 10.3. The van der Waals surface area contributed by atoms with Crippen molar-refractivity contribution in [3.05, 3.63) is 22.9 Å². The molecule has 2 aromatic rings. The van der Waals surface area contributed by atoms with E-state index in [0.717, 1.165) is 0 Å². The first-order valence-corrected chi connectivity index (χ1v) is 6.18. The summed E-state index contributed by atoms with van der Waals surface area (Å²) in [5.74, 6) is 1.66. The maximum atomic E-state index is 5.94. The molecule has 1 unspecified atom stereocenters. The number of nitrogens with zero attached hydrogens (tertiary/aromatic N) is 5. The molecule has 0 saturated carbocycles. The molecule has 0 fully saturated rings. The van der Waals surface area contributed by atoms with Gasteiger partial charge in [-0.3, -0.25) is 0 Å². The summed E-state index contributed by atoms with van der Waals surface area (Å²) >= 11 is 5.94. The molecule has 8 nitrogen and oxygen atoms in total. The van der Waals surface area contributed by atoms with Crippen LogP contribution in [-0.4, -0.2) is 37.2 Å². The molecule has 0 spiro atoms. The van der Waals surface area contributed by atoms with Gasteiger partial charge in [0.05, 0.1) is 6.04 Å². The van der Waals surface area contributed by atoms with Crippen LogP contribution in [0.1, 0.15) is 31.5 Å². The number of hydrogen-bond acceptors (Lipinski definition) is 7. The molecule has 19 heavy (non-hydrogen) atoms. The van der Waals surface area contributed by atoms with Crippen molar-refractivity contribution in [1.82, 2.24) is 30.6 Å². The van der Waals surface area contributed by atoms with Crippen LogP contribution < -0.4 is 5.32 Å². The lowest BCUT2D eigenvalue weighted by Crippen LogP contribution is -2.11. The van der Waals surface area contributed by atoms with Crippen LogP contribution in [-0.2, 0) is 11.3 Å². The van der Waals surface area contributed by atoms with Crippen molar-refractivity contribution >= 4 is 17.4 Å². The van der Waals surface area contributed by atoms with Crippen molar-refractivity contribution in [2.45, 2.75) is 26.5 Å². The highest BCUT2D eigenvalue weighted by Crippen LogP contribution is 2.17. The van der Waals surface area contributed by atoms with Crippen LogP contribution in [0.2, 0.25) is 5.15 Å². The monoisotopic (exact) mass is 283 g/mol. The third-order valence-electron chi connectivity index (χ3n) is 2.29. The highest BCUT2D eigenvalue weighted by Gasteiger charge is 2.12. The molecule has 0 aliphatic heterocycles. The first kappa shape index (κ1) is 13.6. The Balaban J connectivity index is 2.09. The van der Waals surface area contributed by atoms with Gasteiger partial charge in [-0.05, 0) is 13.8 Å². The van der Waals surface area contributed by atoms with Gasteiger partial charge in [0, 0.05) is 12.7 Å². The van der Waals surface area contributed by atoms with Crippen molar-refractivity contribution in [2.75, 3.05) is 11.9 Å². The largest absolute Gasteiger partial charge is 0.374 e. The summed E-state index contributed by atoms with van der Waals surface area (Å²) in [6.07, 6.45) is 0. The molecule has 0 aromatic carbocycles. The average molecular weight is 284 g/mol. The van der Waals surface area contributed by atoms with E-state index in [4.69, 9.17) is 16.3 Å². The molecule has 0 saturated heterocycles. The Labute approximate surface area is 114 Å². The molecule has 0 aliphatic carbocycles. The second-order valence-corrected chi connectivity index (χ2v) is 4.15. The summed E-state index contributed by atoms with van der Waals surface area (Å²) < 4.78 is 5.26. The van der Waals surface area contributed by atoms with Gasteiger partial charge in [0.25, 0.3) is 0 Å². The quantitative estimate of drug-likeness (QED) is 0.772. The van der Waals surface area contributed by atoms with Gasteiger partial charge in [-0.1, -0.05) is 16.8 Å². The maximum Gasteiger partial charge on any atom is 0.196 e. The van der Waals surface area contributed by atoms with E-state index in [1.54, 1.807) is 6.07 Å². The van der Waals surface area contributed by atoms with Gasteiger partial charge in [0.1, 0.15) is 17.6 Å². The summed E-state index contributed by atoms with van der Waals surface area (Å²) in [5.41, 5.74) is 0. The van der Waals surface area contributed by atoms with E-state index in [1.165, 1.54) is 0 Å². The van der Waals surface area contributed by atoms with Gasteiger partial charge in [-0.25, -0.2) is 9.97 Å². The number of halogens is 1. The Hall–Kier alpha value is -1.80. The summed E-state index contributed by atoms with van der Waals surface area (Å²) in [6.45, 7) is 4.71. The normalized spacial score (nSPS) is 12.4.